The topological polar surface area (TPSA) is 68.0 Å². The number of pyridine rings is 1. The van der Waals surface area contributed by atoms with Crippen LogP contribution in [0.2, 0.25) is 0 Å². The van der Waals surface area contributed by atoms with Crippen LogP contribution in [0.4, 0.5) is 11.4 Å². The second-order valence-corrected chi connectivity index (χ2v) is 6.52. The van der Waals surface area contributed by atoms with Crippen LogP contribution in [0.5, 0.6) is 0 Å². The van der Waals surface area contributed by atoms with Crippen LogP contribution in [0.3, 0.4) is 0 Å². The quantitative estimate of drug-likeness (QED) is 0.892. The number of carbonyl (C=O) groups is 1. The minimum Gasteiger partial charge on any atom is -0.396 e. The van der Waals surface area contributed by atoms with Gasteiger partial charge in [0.1, 0.15) is 0 Å². The lowest BCUT2D eigenvalue weighted by Gasteiger charge is -2.08. The molecule has 6 heteroatoms. The van der Waals surface area contributed by atoms with Gasteiger partial charge in [-0.15, -0.1) is 11.3 Å². The summed E-state index contributed by atoms with van der Waals surface area (Å²) in [5.74, 6) is 2.06. The van der Waals surface area contributed by atoms with Crippen LogP contribution in [-0.4, -0.2) is 16.6 Å². The molecule has 0 atom stereocenters. The fraction of sp³-hybridized carbons (Fsp3) is 0.231. The van der Waals surface area contributed by atoms with Crippen molar-refractivity contribution in [1.82, 2.24) is 4.98 Å². The molecule has 0 bridgehead atoms. The lowest BCUT2D eigenvalue weighted by atomic mass is 10.2. The van der Waals surface area contributed by atoms with Crippen molar-refractivity contribution in [2.24, 2.45) is 0 Å². The van der Waals surface area contributed by atoms with Crippen LogP contribution in [0, 0.1) is 0 Å². The number of hydrogen-bond acceptors (Lipinski definition) is 5. The molecule has 0 unspecified atom stereocenters. The van der Waals surface area contributed by atoms with Crippen LogP contribution in [0.15, 0.2) is 24.5 Å². The lowest BCUT2D eigenvalue weighted by Crippen LogP contribution is -2.11. The number of fused-ring (bicyclic) bond motifs is 1. The van der Waals surface area contributed by atoms with Gasteiger partial charge in [0.15, 0.2) is 0 Å². The molecule has 1 amide bonds. The number of thiophene rings is 1. The van der Waals surface area contributed by atoms with Gasteiger partial charge in [0.2, 0.25) is 0 Å². The number of carbonyl (C=O) groups excluding carboxylic acids is 1. The molecule has 3 rings (SSSR count). The van der Waals surface area contributed by atoms with E-state index in [2.05, 4.69) is 10.3 Å². The number of nitrogens with one attached hydrogen (secondary N) is 1. The van der Waals surface area contributed by atoms with Gasteiger partial charge in [-0.25, -0.2) is 0 Å². The van der Waals surface area contributed by atoms with Gasteiger partial charge in [0, 0.05) is 16.8 Å². The van der Waals surface area contributed by atoms with Crippen LogP contribution in [0.25, 0.3) is 0 Å². The summed E-state index contributed by atoms with van der Waals surface area (Å²) < 4.78 is 0. The van der Waals surface area contributed by atoms with E-state index >= 15 is 0 Å². The fourth-order valence-corrected chi connectivity index (χ4v) is 4.23. The first kappa shape index (κ1) is 12.5. The molecule has 19 heavy (non-hydrogen) atoms. The van der Waals surface area contributed by atoms with Crippen LogP contribution >= 0.6 is 23.1 Å². The molecule has 0 radical (unpaired) electrons. The van der Waals surface area contributed by atoms with Gasteiger partial charge in [-0.05, 0) is 29.9 Å². The second kappa shape index (κ2) is 5.22. The molecule has 1 aliphatic heterocycles. The maximum Gasteiger partial charge on any atom is 0.265 e. The first-order chi connectivity index (χ1) is 9.24. The SMILES string of the molecule is Nc1cnccc1NC(=O)c1cc2c(s1)CCSC2. The summed E-state index contributed by atoms with van der Waals surface area (Å²) in [4.78, 5) is 18.2. The average molecular weight is 291 g/mol. The Balaban J connectivity index is 1.81. The summed E-state index contributed by atoms with van der Waals surface area (Å²) >= 11 is 3.50. The van der Waals surface area contributed by atoms with Crippen molar-refractivity contribution in [3.63, 3.8) is 0 Å². The Labute approximate surface area is 119 Å². The Bertz CT molecular complexity index is 601. The Morgan fingerprint density at radius 1 is 1.47 bits per heavy atom. The normalized spacial score (nSPS) is 13.9. The molecule has 0 saturated carbocycles. The molecule has 2 aromatic heterocycles. The monoisotopic (exact) mass is 291 g/mol. The number of aryl methyl sites for hydroxylation is 1. The Kier molecular flexibility index (Phi) is 3.44. The molecule has 0 aromatic carbocycles. The molecule has 4 nitrogen and oxygen atoms in total. The van der Waals surface area contributed by atoms with Gasteiger partial charge < -0.3 is 11.1 Å². The predicted octanol–water partition coefficient (Wildman–Crippen LogP) is 2.77. The zero-order valence-electron chi connectivity index (χ0n) is 10.2. The molecular weight excluding hydrogens is 278 g/mol. The smallest absolute Gasteiger partial charge is 0.265 e. The molecule has 0 saturated heterocycles. The van der Waals surface area contributed by atoms with Crippen LogP contribution < -0.4 is 11.1 Å². The van der Waals surface area contributed by atoms with E-state index in [1.807, 2.05) is 17.8 Å². The Hall–Kier alpha value is -1.53. The number of anilines is 2. The summed E-state index contributed by atoms with van der Waals surface area (Å²) in [5.41, 5.74) is 8.16. The zero-order chi connectivity index (χ0) is 13.2. The number of nitrogen functional groups attached to an aromatic ring is 1. The number of thioether (sulfide) groups is 1. The van der Waals surface area contributed by atoms with Crippen molar-refractivity contribution in [3.05, 3.63) is 39.8 Å². The number of nitrogens with zero attached hydrogens (tertiary/aromatic N) is 1. The molecule has 98 valence electrons. The van der Waals surface area contributed by atoms with Crippen LogP contribution in [0.1, 0.15) is 20.1 Å². The minimum absolute atomic E-state index is 0.0951. The number of rotatable bonds is 2. The first-order valence-electron chi connectivity index (χ1n) is 5.94. The third-order valence-electron chi connectivity index (χ3n) is 2.95. The van der Waals surface area contributed by atoms with E-state index in [1.165, 1.54) is 16.6 Å². The summed E-state index contributed by atoms with van der Waals surface area (Å²) in [5, 5.41) is 2.84. The third kappa shape index (κ3) is 2.59. The first-order valence-corrected chi connectivity index (χ1v) is 7.91. The van der Waals surface area contributed by atoms with Gasteiger partial charge in [-0.3, -0.25) is 9.78 Å². The number of amides is 1. The van der Waals surface area contributed by atoms with E-state index in [4.69, 9.17) is 5.73 Å². The highest BCUT2D eigenvalue weighted by Gasteiger charge is 2.17. The van der Waals surface area contributed by atoms with Crippen molar-refractivity contribution in [1.29, 1.82) is 0 Å². The van der Waals surface area contributed by atoms with E-state index in [-0.39, 0.29) is 5.91 Å². The Morgan fingerprint density at radius 2 is 2.37 bits per heavy atom. The summed E-state index contributed by atoms with van der Waals surface area (Å²) in [6.07, 6.45) is 4.21. The van der Waals surface area contributed by atoms with E-state index in [1.54, 1.807) is 23.6 Å². The summed E-state index contributed by atoms with van der Waals surface area (Å²) in [6.45, 7) is 0. The van der Waals surface area contributed by atoms with Crippen molar-refractivity contribution in [3.8, 4) is 0 Å². The van der Waals surface area contributed by atoms with Crippen molar-refractivity contribution in [2.45, 2.75) is 12.2 Å². The largest absolute Gasteiger partial charge is 0.396 e. The van der Waals surface area contributed by atoms with Crippen molar-refractivity contribution >= 4 is 40.4 Å². The lowest BCUT2D eigenvalue weighted by molar-refractivity contribution is 0.103. The van der Waals surface area contributed by atoms with Crippen molar-refractivity contribution < 1.29 is 4.79 Å². The van der Waals surface area contributed by atoms with Gasteiger partial charge >= 0.3 is 0 Å². The summed E-state index contributed by atoms with van der Waals surface area (Å²) in [6, 6.07) is 3.70. The minimum atomic E-state index is -0.0951. The number of hydrogen-bond donors (Lipinski definition) is 2. The van der Waals surface area contributed by atoms with E-state index in [0.29, 0.717) is 11.4 Å². The maximum absolute atomic E-state index is 12.2. The highest BCUT2D eigenvalue weighted by Crippen LogP contribution is 2.32. The average Bonchev–Trinajstić information content (AvgIpc) is 2.85. The molecule has 0 spiro atoms. The van der Waals surface area contributed by atoms with Gasteiger partial charge in [-0.2, -0.15) is 11.8 Å². The highest BCUT2D eigenvalue weighted by molar-refractivity contribution is 7.98. The standard InChI is InChI=1S/C13H13N3OS2/c14-9-6-15-3-1-10(9)16-13(17)12-5-8-7-18-4-2-11(8)19-12/h1,3,5-6H,2,4,7,14H2,(H,15,16,17). The third-order valence-corrected chi connectivity index (χ3v) is 5.20. The Morgan fingerprint density at radius 3 is 3.16 bits per heavy atom. The second-order valence-electron chi connectivity index (χ2n) is 4.28. The van der Waals surface area contributed by atoms with Gasteiger partial charge in [0.25, 0.3) is 5.91 Å². The molecular formula is C13H13N3OS2. The van der Waals surface area contributed by atoms with E-state index in [0.717, 1.165) is 22.8 Å². The molecule has 0 aliphatic carbocycles. The van der Waals surface area contributed by atoms with Gasteiger partial charge in [-0.1, -0.05) is 0 Å². The van der Waals surface area contributed by atoms with Gasteiger partial charge in [0.05, 0.1) is 22.4 Å². The maximum atomic E-state index is 12.2. The number of nitrogens with two attached hydrogens (primary N) is 1. The van der Waals surface area contributed by atoms with E-state index in [9.17, 15) is 4.79 Å². The molecule has 0 fully saturated rings. The molecule has 3 heterocycles. The fourth-order valence-electron chi connectivity index (χ4n) is 1.96. The molecule has 2 aromatic rings. The molecule has 1 aliphatic rings. The van der Waals surface area contributed by atoms with Crippen molar-refractivity contribution in [2.75, 3.05) is 16.8 Å². The number of aromatic nitrogens is 1. The van der Waals surface area contributed by atoms with E-state index < -0.39 is 0 Å². The van der Waals surface area contributed by atoms with Crippen LogP contribution in [-0.2, 0) is 12.2 Å². The molecule has 3 N–H and O–H groups in total. The highest BCUT2D eigenvalue weighted by atomic mass is 32.2. The summed E-state index contributed by atoms with van der Waals surface area (Å²) in [7, 11) is 0. The predicted molar refractivity (Wildman–Crippen MR) is 80.8 cm³/mol. The zero-order valence-corrected chi connectivity index (χ0v) is 11.8.